The number of aromatic nitrogens is 1. The van der Waals surface area contributed by atoms with Crippen molar-refractivity contribution in [3.8, 4) is 23.4 Å². The largest absolute Gasteiger partial charge is 0.485 e. The van der Waals surface area contributed by atoms with E-state index in [9.17, 15) is 14.4 Å². The zero-order valence-corrected chi connectivity index (χ0v) is 22.5. The summed E-state index contributed by atoms with van der Waals surface area (Å²) in [7, 11) is 0. The molecule has 0 spiro atoms. The molecule has 3 rings (SSSR count). The average Bonchev–Trinajstić information content (AvgIpc) is 2.95. The highest BCUT2D eigenvalue weighted by molar-refractivity contribution is 5.84. The van der Waals surface area contributed by atoms with Gasteiger partial charge >= 0.3 is 5.97 Å². The number of hydrogen-bond donors (Lipinski definition) is 1. The number of pyridine rings is 1. The summed E-state index contributed by atoms with van der Waals surface area (Å²) in [6.07, 6.45) is 0.832. The molecule has 2 aromatic carbocycles. The molecule has 0 amide bonds. The molecular weight excluding hydrogens is 525 g/mol. The summed E-state index contributed by atoms with van der Waals surface area (Å²) in [5.74, 6) is -6.28. The number of ether oxygens (including phenoxy) is 3. The fraction of sp³-hybridized carbons (Fsp3) is 0.345. The molecule has 0 aliphatic carbocycles. The van der Waals surface area contributed by atoms with Crippen LogP contribution >= 0.6 is 0 Å². The predicted octanol–water partition coefficient (Wildman–Crippen LogP) is 5.63. The Morgan fingerprint density at radius 3 is 2.45 bits per heavy atom. The molecule has 40 heavy (non-hydrogen) atoms. The van der Waals surface area contributed by atoms with Crippen LogP contribution in [-0.4, -0.2) is 36.2 Å². The maximum Gasteiger partial charge on any atom is 0.331 e. The fourth-order valence-corrected chi connectivity index (χ4v) is 3.91. The Morgan fingerprint density at radius 1 is 1.07 bits per heavy atom. The Bertz CT molecular complexity index is 1360. The van der Waals surface area contributed by atoms with E-state index in [4.69, 9.17) is 19.9 Å². The molecule has 0 radical (unpaired) electrons. The van der Waals surface area contributed by atoms with Crippen LogP contribution in [-0.2, 0) is 16.1 Å². The quantitative estimate of drug-likeness (QED) is 0.164. The van der Waals surface area contributed by atoms with Gasteiger partial charge in [-0.15, -0.1) is 0 Å². The fourth-order valence-electron chi connectivity index (χ4n) is 3.91. The van der Waals surface area contributed by atoms with E-state index in [1.807, 2.05) is 36.4 Å². The van der Waals surface area contributed by atoms with Crippen LogP contribution in [0.5, 0.6) is 17.4 Å². The van der Waals surface area contributed by atoms with E-state index in [1.165, 1.54) is 32.0 Å². The molecule has 1 heterocycles. The first-order valence-electron chi connectivity index (χ1n) is 12.7. The lowest BCUT2D eigenvalue weighted by Gasteiger charge is -2.38. The van der Waals surface area contributed by atoms with Crippen LogP contribution in [0.1, 0.15) is 44.7 Å². The van der Waals surface area contributed by atoms with Crippen molar-refractivity contribution in [3.63, 3.8) is 0 Å². The monoisotopic (exact) mass is 556 g/mol. The van der Waals surface area contributed by atoms with Crippen molar-refractivity contribution in [2.24, 2.45) is 5.73 Å². The molecule has 0 fully saturated rings. The molecule has 11 heteroatoms. The third kappa shape index (κ3) is 7.01. The lowest BCUT2D eigenvalue weighted by molar-refractivity contribution is -0.148. The van der Waals surface area contributed by atoms with Crippen molar-refractivity contribution < 1.29 is 32.2 Å². The molecule has 8 nitrogen and oxygen atoms in total. The normalized spacial score (nSPS) is 11.1. The van der Waals surface area contributed by atoms with Crippen LogP contribution in [0.2, 0.25) is 0 Å². The minimum absolute atomic E-state index is 0.0317. The Morgan fingerprint density at radius 2 is 1.80 bits per heavy atom. The molecule has 212 valence electrons. The minimum Gasteiger partial charge on any atom is -0.485 e. The third-order valence-corrected chi connectivity index (χ3v) is 6.06. The number of anilines is 1. The summed E-state index contributed by atoms with van der Waals surface area (Å²) in [4.78, 5) is 17.2. The number of benzene rings is 2. The van der Waals surface area contributed by atoms with Crippen molar-refractivity contribution in [2.75, 3.05) is 24.6 Å². The van der Waals surface area contributed by atoms with Crippen LogP contribution in [0, 0.1) is 28.9 Å². The van der Waals surface area contributed by atoms with Crippen molar-refractivity contribution in [1.29, 1.82) is 5.26 Å². The van der Waals surface area contributed by atoms with Gasteiger partial charge in [-0.1, -0.05) is 30.3 Å². The number of esters is 1. The van der Waals surface area contributed by atoms with Crippen LogP contribution < -0.4 is 20.1 Å². The number of carbonyl (C=O) groups excluding carboxylic acids is 1. The summed E-state index contributed by atoms with van der Waals surface area (Å²) in [6, 6.07) is 15.3. The van der Waals surface area contributed by atoms with Gasteiger partial charge in [-0.3, -0.25) is 0 Å². The van der Waals surface area contributed by atoms with Gasteiger partial charge in [0.25, 0.3) is 11.8 Å². The van der Waals surface area contributed by atoms with Crippen LogP contribution in [0.3, 0.4) is 0 Å². The average molecular weight is 557 g/mol. The number of nitrogens with zero attached hydrogens (tertiary/aromatic N) is 3. The lowest BCUT2D eigenvalue weighted by Crippen LogP contribution is -2.52. The topological polar surface area (TPSA) is 111 Å². The van der Waals surface area contributed by atoms with E-state index >= 15 is 8.78 Å². The first-order chi connectivity index (χ1) is 19.1. The minimum atomic E-state index is -1.64. The molecule has 0 saturated carbocycles. The van der Waals surface area contributed by atoms with Gasteiger partial charge in [0.05, 0.1) is 18.2 Å². The van der Waals surface area contributed by atoms with E-state index in [0.717, 1.165) is 10.5 Å². The molecular formula is C29H31F3N4O4. The van der Waals surface area contributed by atoms with Crippen LogP contribution in [0.25, 0.3) is 0 Å². The van der Waals surface area contributed by atoms with Gasteiger partial charge in [0.15, 0.2) is 11.5 Å². The first kappa shape index (κ1) is 30.2. The van der Waals surface area contributed by atoms with E-state index in [0.29, 0.717) is 19.4 Å². The van der Waals surface area contributed by atoms with E-state index in [-0.39, 0.29) is 36.8 Å². The summed E-state index contributed by atoms with van der Waals surface area (Å²) in [5, 5.41) is 9.36. The molecule has 0 atom stereocenters. The zero-order chi connectivity index (χ0) is 29.3. The number of unbranched alkanes of at least 4 members (excludes halogenated alkanes) is 1. The number of rotatable bonds is 13. The first-order valence-corrected chi connectivity index (χ1v) is 12.7. The highest BCUT2D eigenvalue weighted by atomic mass is 19.2. The van der Waals surface area contributed by atoms with Crippen molar-refractivity contribution in [1.82, 2.24) is 4.98 Å². The summed E-state index contributed by atoms with van der Waals surface area (Å²) in [5.41, 5.74) is 4.11. The number of carbonyl (C=O) groups is 1. The van der Waals surface area contributed by atoms with Gasteiger partial charge in [-0.2, -0.15) is 23.4 Å². The summed E-state index contributed by atoms with van der Waals surface area (Å²) < 4.78 is 62.6. The molecule has 0 aliphatic rings. The predicted molar refractivity (Wildman–Crippen MR) is 142 cm³/mol. The Labute approximate surface area is 231 Å². The SMILES string of the molecule is CCOC(=O)C(C)(C)N(CCCCN)c1c(F)c(F)nc(Oc2cc(C#N)ccc2OCc2ccccc2)c1F. The maximum atomic E-state index is 16.0. The van der Waals surface area contributed by atoms with Crippen LogP contribution in [0.15, 0.2) is 48.5 Å². The molecule has 2 N–H and O–H groups in total. The van der Waals surface area contributed by atoms with Gasteiger partial charge in [-0.25, -0.2) is 4.79 Å². The second-order valence-electron chi connectivity index (χ2n) is 9.26. The van der Waals surface area contributed by atoms with Gasteiger partial charge in [0, 0.05) is 12.6 Å². The molecule has 0 aliphatic heterocycles. The van der Waals surface area contributed by atoms with Crippen molar-refractivity contribution >= 4 is 11.7 Å². The molecule has 0 bridgehead atoms. The van der Waals surface area contributed by atoms with Crippen LogP contribution in [0.4, 0.5) is 18.9 Å². The number of hydrogen-bond acceptors (Lipinski definition) is 8. The van der Waals surface area contributed by atoms with Gasteiger partial charge in [0.1, 0.15) is 17.8 Å². The van der Waals surface area contributed by atoms with E-state index < -0.39 is 40.7 Å². The second kappa shape index (κ2) is 13.7. The van der Waals surface area contributed by atoms with E-state index in [1.54, 1.807) is 6.92 Å². The third-order valence-electron chi connectivity index (χ3n) is 6.06. The van der Waals surface area contributed by atoms with E-state index in [2.05, 4.69) is 4.98 Å². The second-order valence-corrected chi connectivity index (χ2v) is 9.26. The Kier molecular flexibility index (Phi) is 10.3. The number of nitriles is 1. The van der Waals surface area contributed by atoms with Gasteiger partial charge in [-0.05, 0) is 57.9 Å². The van der Waals surface area contributed by atoms with Crippen molar-refractivity contribution in [2.45, 2.75) is 45.8 Å². The maximum absolute atomic E-state index is 16.0. The lowest BCUT2D eigenvalue weighted by atomic mass is 10.0. The standard InChI is InChI=1S/C29H31F3N4O4/c1-4-38-28(37)29(2,3)36(15-9-8-14-33)25-23(30)26(32)35-27(24(25)31)40-22-16-20(17-34)12-13-21(22)39-18-19-10-6-5-7-11-19/h5-7,10-13,16H,4,8-9,14-15,18,33H2,1-3H3. The molecule has 0 saturated heterocycles. The van der Waals surface area contributed by atoms with Gasteiger partial charge < -0.3 is 24.8 Å². The molecule has 0 unspecified atom stereocenters. The highest BCUT2D eigenvalue weighted by Crippen LogP contribution is 2.39. The summed E-state index contributed by atoms with van der Waals surface area (Å²) in [6.45, 7) is 4.83. The zero-order valence-electron chi connectivity index (χ0n) is 22.5. The van der Waals surface area contributed by atoms with Crippen molar-refractivity contribution in [3.05, 3.63) is 77.2 Å². The Balaban J connectivity index is 2.07. The smallest absolute Gasteiger partial charge is 0.331 e. The highest BCUT2D eigenvalue weighted by Gasteiger charge is 2.40. The summed E-state index contributed by atoms with van der Waals surface area (Å²) >= 11 is 0. The molecule has 1 aromatic heterocycles. The van der Waals surface area contributed by atoms with Gasteiger partial charge in [0.2, 0.25) is 11.6 Å². The molecule has 3 aromatic rings. The Hall–Kier alpha value is -4.30. The number of halogens is 3. The number of nitrogens with two attached hydrogens (primary N) is 1.